The number of benzene rings is 1. The molecule has 0 radical (unpaired) electrons. The number of amides is 1. The standard InChI is InChI=1S/C20H25ClN6O2S/c1-4-26-12-15(19(25-26)29-6-3)18-23-24-20(27(18)5-2)30-13-17(28)22-11-14-9-7-8-10-16(14)21/h7-10,12H,4-6,11,13H2,1-3H3,(H,22,28). The molecule has 0 fully saturated rings. The summed E-state index contributed by atoms with van der Waals surface area (Å²) >= 11 is 7.48. The van der Waals surface area contributed by atoms with Gasteiger partial charge >= 0.3 is 0 Å². The Labute approximate surface area is 185 Å². The molecule has 3 aromatic rings. The number of aromatic nitrogens is 5. The smallest absolute Gasteiger partial charge is 0.243 e. The van der Waals surface area contributed by atoms with Gasteiger partial charge in [0.05, 0.1) is 12.4 Å². The first-order valence-corrected chi connectivity index (χ1v) is 11.2. The molecule has 0 saturated carbocycles. The lowest BCUT2D eigenvalue weighted by atomic mass is 10.2. The van der Waals surface area contributed by atoms with Crippen molar-refractivity contribution in [3.8, 4) is 17.3 Å². The summed E-state index contributed by atoms with van der Waals surface area (Å²) in [5, 5.41) is 17.3. The minimum absolute atomic E-state index is 0.0964. The van der Waals surface area contributed by atoms with Crippen LogP contribution in [0.1, 0.15) is 26.3 Å². The molecule has 160 valence electrons. The van der Waals surface area contributed by atoms with E-state index in [1.54, 1.807) is 6.07 Å². The van der Waals surface area contributed by atoms with Crippen molar-refractivity contribution in [3.63, 3.8) is 0 Å². The van der Waals surface area contributed by atoms with Gasteiger partial charge in [0, 0.05) is 30.9 Å². The van der Waals surface area contributed by atoms with Gasteiger partial charge < -0.3 is 14.6 Å². The Morgan fingerprint density at radius 2 is 2.00 bits per heavy atom. The summed E-state index contributed by atoms with van der Waals surface area (Å²) in [6.07, 6.45) is 1.91. The van der Waals surface area contributed by atoms with E-state index in [1.807, 2.05) is 54.4 Å². The quantitative estimate of drug-likeness (QED) is 0.476. The molecule has 1 N–H and O–H groups in total. The maximum Gasteiger partial charge on any atom is 0.243 e. The van der Waals surface area contributed by atoms with E-state index in [9.17, 15) is 4.79 Å². The molecule has 30 heavy (non-hydrogen) atoms. The van der Waals surface area contributed by atoms with E-state index >= 15 is 0 Å². The number of ether oxygens (including phenoxy) is 1. The number of nitrogens with one attached hydrogen (secondary N) is 1. The van der Waals surface area contributed by atoms with Crippen LogP contribution in [0.5, 0.6) is 5.88 Å². The van der Waals surface area contributed by atoms with Gasteiger partial charge in [0.25, 0.3) is 0 Å². The third-order valence-corrected chi connectivity index (χ3v) is 5.71. The minimum atomic E-state index is -0.0964. The third kappa shape index (κ3) is 5.14. The molecule has 0 aliphatic rings. The summed E-state index contributed by atoms with van der Waals surface area (Å²) < 4.78 is 9.44. The first-order chi connectivity index (χ1) is 14.6. The van der Waals surface area contributed by atoms with E-state index < -0.39 is 0 Å². The molecule has 0 saturated heterocycles. The van der Waals surface area contributed by atoms with Gasteiger partial charge in [0.1, 0.15) is 5.56 Å². The third-order valence-electron chi connectivity index (χ3n) is 4.37. The second-order valence-electron chi connectivity index (χ2n) is 6.34. The molecule has 0 aliphatic carbocycles. The Morgan fingerprint density at radius 1 is 1.20 bits per heavy atom. The van der Waals surface area contributed by atoms with E-state index in [0.717, 1.165) is 17.7 Å². The van der Waals surface area contributed by atoms with Crippen LogP contribution in [0.15, 0.2) is 35.6 Å². The number of hydrogen-bond donors (Lipinski definition) is 1. The van der Waals surface area contributed by atoms with Gasteiger partial charge in [-0.2, -0.15) is 0 Å². The topological polar surface area (TPSA) is 86.9 Å². The highest BCUT2D eigenvalue weighted by Crippen LogP contribution is 2.30. The van der Waals surface area contributed by atoms with Crippen LogP contribution in [-0.4, -0.2) is 42.8 Å². The number of halogens is 1. The van der Waals surface area contributed by atoms with Crippen LogP contribution >= 0.6 is 23.4 Å². The number of nitrogens with zero attached hydrogens (tertiary/aromatic N) is 5. The van der Waals surface area contributed by atoms with Gasteiger partial charge in [-0.1, -0.05) is 41.6 Å². The van der Waals surface area contributed by atoms with Crippen LogP contribution in [0, 0.1) is 0 Å². The van der Waals surface area contributed by atoms with E-state index in [1.165, 1.54) is 11.8 Å². The van der Waals surface area contributed by atoms with Crippen LogP contribution in [0.4, 0.5) is 0 Å². The maximum atomic E-state index is 12.3. The Balaban J connectivity index is 1.68. The van der Waals surface area contributed by atoms with Gasteiger partial charge in [-0.15, -0.1) is 15.3 Å². The maximum absolute atomic E-state index is 12.3. The highest BCUT2D eigenvalue weighted by molar-refractivity contribution is 7.99. The normalized spacial score (nSPS) is 10.9. The Hall–Kier alpha value is -2.52. The van der Waals surface area contributed by atoms with Crippen molar-refractivity contribution in [2.45, 2.75) is 45.6 Å². The predicted molar refractivity (Wildman–Crippen MR) is 118 cm³/mol. The van der Waals surface area contributed by atoms with Crippen LogP contribution in [0.25, 0.3) is 11.4 Å². The van der Waals surface area contributed by atoms with E-state index in [2.05, 4.69) is 20.6 Å². The van der Waals surface area contributed by atoms with Crippen LogP contribution in [0.2, 0.25) is 5.02 Å². The summed E-state index contributed by atoms with van der Waals surface area (Å²) in [6.45, 7) is 8.24. The monoisotopic (exact) mass is 448 g/mol. The van der Waals surface area contributed by atoms with Crippen molar-refractivity contribution >= 4 is 29.3 Å². The molecule has 10 heteroatoms. The molecule has 0 atom stereocenters. The highest BCUT2D eigenvalue weighted by Gasteiger charge is 2.20. The molecule has 0 spiro atoms. The number of carbonyl (C=O) groups excluding carboxylic acids is 1. The average Bonchev–Trinajstić information content (AvgIpc) is 3.35. The molecule has 3 rings (SSSR count). The second-order valence-corrected chi connectivity index (χ2v) is 7.69. The predicted octanol–water partition coefficient (Wildman–Crippen LogP) is 3.64. The summed E-state index contributed by atoms with van der Waals surface area (Å²) in [5.74, 6) is 1.35. The Bertz CT molecular complexity index is 1000. The Kier molecular flexibility index (Phi) is 7.75. The molecule has 8 nitrogen and oxygen atoms in total. The fourth-order valence-corrected chi connectivity index (χ4v) is 3.89. The molecule has 1 amide bonds. The summed E-state index contributed by atoms with van der Waals surface area (Å²) in [6, 6.07) is 7.45. The van der Waals surface area contributed by atoms with E-state index in [4.69, 9.17) is 16.3 Å². The summed E-state index contributed by atoms with van der Waals surface area (Å²) in [5.41, 5.74) is 1.68. The average molecular weight is 449 g/mol. The zero-order chi connectivity index (χ0) is 21.5. The van der Waals surface area contributed by atoms with Crippen molar-refractivity contribution in [1.29, 1.82) is 0 Å². The molecule has 1 aromatic carbocycles. The lowest BCUT2D eigenvalue weighted by Gasteiger charge is -2.08. The van der Waals surface area contributed by atoms with Crippen molar-refractivity contribution in [1.82, 2.24) is 29.9 Å². The van der Waals surface area contributed by atoms with E-state index in [0.29, 0.717) is 41.6 Å². The zero-order valence-electron chi connectivity index (χ0n) is 17.3. The largest absolute Gasteiger partial charge is 0.476 e. The Morgan fingerprint density at radius 3 is 2.70 bits per heavy atom. The van der Waals surface area contributed by atoms with Crippen molar-refractivity contribution in [2.24, 2.45) is 0 Å². The molecule has 0 bridgehead atoms. The SMILES string of the molecule is CCOc1nn(CC)cc1-c1nnc(SCC(=O)NCc2ccccc2Cl)n1CC. The lowest BCUT2D eigenvalue weighted by molar-refractivity contribution is -0.118. The number of thioether (sulfide) groups is 1. The van der Waals surface area contributed by atoms with Gasteiger partial charge in [0.2, 0.25) is 11.8 Å². The number of hydrogen-bond acceptors (Lipinski definition) is 6. The number of carbonyl (C=O) groups is 1. The van der Waals surface area contributed by atoms with Crippen LogP contribution in [-0.2, 0) is 24.4 Å². The van der Waals surface area contributed by atoms with E-state index in [-0.39, 0.29) is 11.7 Å². The molecular weight excluding hydrogens is 424 g/mol. The fraction of sp³-hybridized carbons (Fsp3) is 0.400. The van der Waals surface area contributed by atoms with Gasteiger partial charge in [-0.05, 0) is 32.4 Å². The molecule has 2 aromatic heterocycles. The number of aryl methyl sites for hydroxylation is 1. The number of rotatable bonds is 10. The fourth-order valence-electron chi connectivity index (χ4n) is 2.86. The lowest BCUT2D eigenvalue weighted by Crippen LogP contribution is -2.24. The van der Waals surface area contributed by atoms with Gasteiger partial charge in [-0.25, -0.2) is 0 Å². The van der Waals surface area contributed by atoms with Crippen LogP contribution < -0.4 is 10.1 Å². The molecule has 2 heterocycles. The molecular formula is C20H25ClN6O2S. The van der Waals surface area contributed by atoms with Gasteiger partial charge in [-0.3, -0.25) is 9.48 Å². The van der Waals surface area contributed by atoms with Crippen molar-refractivity contribution in [3.05, 3.63) is 41.0 Å². The zero-order valence-corrected chi connectivity index (χ0v) is 18.8. The van der Waals surface area contributed by atoms with Gasteiger partial charge in [0.15, 0.2) is 11.0 Å². The minimum Gasteiger partial charge on any atom is -0.476 e. The second kappa shape index (κ2) is 10.5. The molecule has 0 unspecified atom stereocenters. The summed E-state index contributed by atoms with van der Waals surface area (Å²) in [4.78, 5) is 12.3. The van der Waals surface area contributed by atoms with Crippen molar-refractivity contribution in [2.75, 3.05) is 12.4 Å². The van der Waals surface area contributed by atoms with Crippen molar-refractivity contribution < 1.29 is 9.53 Å². The molecule has 0 aliphatic heterocycles. The first-order valence-electron chi connectivity index (χ1n) is 9.84. The first kappa shape index (κ1) is 22.2. The van der Waals surface area contributed by atoms with Crippen LogP contribution in [0.3, 0.4) is 0 Å². The summed E-state index contributed by atoms with van der Waals surface area (Å²) in [7, 11) is 0. The highest BCUT2D eigenvalue weighted by atomic mass is 35.5.